The van der Waals surface area contributed by atoms with Gasteiger partial charge in [0.05, 0.1) is 0 Å². The molecule has 5 heteroatoms. The molecule has 0 aliphatic rings. The van der Waals surface area contributed by atoms with Crippen LogP contribution in [0.5, 0.6) is 0 Å². The van der Waals surface area contributed by atoms with Gasteiger partial charge in [0.2, 0.25) is 0 Å². The summed E-state index contributed by atoms with van der Waals surface area (Å²) in [6.07, 6.45) is 0. The van der Waals surface area contributed by atoms with Gasteiger partial charge in [0, 0.05) is 20.9 Å². The Hall–Kier alpha value is -3.62. The molecule has 1 N–H and O–H groups in total. The average molecular weight is 565 g/mol. The summed E-state index contributed by atoms with van der Waals surface area (Å²) in [5.74, 6) is -0.134. The van der Waals surface area contributed by atoms with E-state index >= 15 is 0 Å². The van der Waals surface area contributed by atoms with Crippen LogP contribution in [0, 0.1) is 6.92 Å². The molecule has 0 fully saturated rings. The number of benzene rings is 5. The Labute approximate surface area is 240 Å². The molecule has 5 aromatic carbocycles. The maximum Gasteiger partial charge on any atom is 0.258 e. The quantitative estimate of drug-likeness (QED) is 0.153. The molecular weight excluding hydrogens is 537 g/mol. The van der Waals surface area contributed by atoms with Crippen molar-refractivity contribution >= 4 is 52.4 Å². The maximum absolute atomic E-state index is 13.8. The van der Waals surface area contributed by atoms with E-state index in [-0.39, 0.29) is 5.91 Å². The summed E-state index contributed by atoms with van der Waals surface area (Å²) >= 11 is 7.74. The molecule has 0 aliphatic heterocycles. The van der Waals surface area contributed by atoms with Crippen molar-refractivity contribution in [3.05, 3.63) is 167 Å². The molecule has 2 nitrogen and oxygen atoms in total. The first kappa shape index (κ1) is 27.0. The van der Waals surface area contributed by atoms with Crippen molar-refractivity contribution in [2.45, 2.75) is 11.8 Å². The predicted molar refractivity (Wildman–Crippen MR) is 169 cm³/mol. The van der Waals surface area contributed by atoms with E-state index in [0.717, 1.165) is 31.8 Å². The van der Waals surface area contributed by atoms with Crippen molar-refractivity contribution < 1.29 is 4.79 Å². The van der Waals surface area contributed by atoms with Gasteiger partial charge in [-0.3, -0.25) is 10.1 Å². The molecule has 0 bridgehead atoms. The van der Waals surface area contributed by atoms with Crippen molar-refractivity contribution in [2.24, 2.45) is 0 Å². The van der Waals surface area contributed by atoms with Gasteiger partial charge in [-0.25, -0.2) is 0 Å². The van der Waals surface area contributed by atoms with Crippen LogP contribution in [0.15, 0.2) is 155 Å². The number of hydrogen-bond donors (Lipinski definition) is 1. The molecule has 0 aromatic heterocycles. The Morgan fingerprint density at radius 2 is 1.13 bits per heavy atom. The van der Waals surface area contributed by atoms with Crippen LogP contribution in [0.1, 0.15) is 15.9 Å². The molecule has 0 heterocycles. The molecule has 5 aromatic rings. The zero-order valence-electron chi connectivity index (χ0n) is 21.5. The first-order chi connectivity index (χ1) is 19.1. The zero-order valence-corrected chi connectivity index (χ0v) is 24.0. The molecule has 0 radical (unpaired) electrons. The fraction of sp³-hybridized carbons (Fsp3) is 0.0294. The number of aryl methyl sites for hydroxylation is 1. The van der Waals surface area contributed by atoms with Crippen LogP contribution >= 0.6 is 30.6 Å². The summed E-state index contributed by atoms with van der Waals surface area (Å²) in [5.41, 5.74) is 2.60. The highest BCUT2D eigenvalue weighted by molar-refractivity contribution is 8.04. The second kappa shape index (κ2) is 12.5. The van der Waals surface area contributed by atoms with Crippen molar-refractivity contribution in [3.8, 4) is 0 Å². The zero-order chi connectivity index (χ0) is 27.1. The minimum atomic E-state index is -2.51. The van der Waals surface area contributed by atoms with Crippen LogP contribution in [0.3, 0.4) is 0 Å². The second-order valence-corrected chi connectivity index (χ2v) is 13.8. The van der Waals surface area contributed by atoms with Crippen LogP contribution in [0.25, 0.3) is 0 Å². The average Bonchev–Trinajstić information content (AvgIpc) is 2.99. The fourth-order valence-corrected chi connectivity index (χ4v) is 9.91. The van der Waals surface area contributed by atoms with Gasteiger partial charge in [-0.15, -0.1) is 0 Å². The minimum absolute atomic E-state index is 0.134. The molecule has 5 rings (SSSR count). The lowest BCUT2D eigenvalue weighted by Crippen LogP contribution is -2.38. The number of carbonyl (C=O) groups is 1. The van der Waals surface area contributed by atoms with E-state index in [1.807, 2.05) is 73.7 Å². The van der Waals surface area contributed by atoms with Gasteiger partial charge in [0.25, 0.3) is 5.91 Å². The van der Waals surface area contributed by atoms with E-state index < -0.39 is 7.26 Å². The molecule has 0 spiro atoms. The number of thioether (sulfide) groups is 1. The third kappa shape index (κ3) is 6.02. The van der Waals surface area contributed by atoms with Crippen LogP contribution < -0.4 is 21.2 Å². The summed E-state index contributed by atoms with van der Waals surface area (Å²) < 4.78 is 0. The molecule has 1 amide bonds. The number of rotatable bonds is 8. The normalized spacial score (nSPS) is 11.7. The molecule has 39 heavy (non-hydrogen) atoms. The van der Waals surface area contributed by atoms with Crippen molar-refractivity contribution in [3.63, 3.8) is 0 Å². The van der Waals surface area contributed by atoms with E-state index in [0.29, 0.717) is 10.6 Å². The van der Waals surface area contributed by atoms with E-state index in [9.17, 15) is 4.79 Å². The number of halogens is 1. The Balaban J connectivity index is 1.75. The lowest BCUT2D eigenvalue weighted by Gasteiger charge is -2.29. The number of hydrogen-bond acceptors (Lipinski definition) is 2. The molecule has 0 aliphatic carbocycles. The molecule has 192 valence electrons. The van der Waals surface area contributed by atoms with E-state index in [1.165, 1.54) is 0 Å². The van der Waals surface area contributed by atoms with Gasteiger partial charge in [0.15, 0.2) is 12.7 Å². The highest BCUT2D eigenvalue weighted by atomic mass is 35.5. The largest absolute Gasteiger partial charge is 0.291 e. The summed E-state index contributed by atoms with van der Waals surface area (Å²) in [6.45, 7) is 2.02. The third-order valence-corrected chi connectivity index (χ3v) is 12.0. The summed E-state index contributed by atoms with van der Waals surface area (Å²) in [7, 11) is -2.51. The SMILES string of the molecule is Cc1ccc(C(=O)NC(=CSc2ccc(Cl)cc2)[P+](c2ccccc2)(c2ccccc2)c2ccccc2)cc1. The van der Waals surface area contributed by atoms with Gasteiger partial charge in [-0.05, 0) is 79.7 Å². The maximum atomic E-state index is 13.8. The minimum Gasteiger partial charge on any atom is -0.291 e. The monoisotopic (exact) mass is 564 g/mol. The Bertz CT molecular complexity index is 1460. The Morgan fingerprint density at radius 3 is 1.59 bits per heavy atom. The van der Waals surface area contributed by atoms with Crippen molar-refractivity contribution in [2.75, 3.05) is 0 Å². The highest BCUT2D eigenvalue weighted by Crippen LogP contribution is 2.62. The fourth-order valence-electron chi connectivity index (χ4n) is 4.54. The smallest absolute Gasteiger partial charge is 0.258 e. The topological polar surface area (TPSA) is 29.1 Å². The van der Waals surface area contributed by atoms with Crippen LogP contribution in [-0.2, 0) is 0 Å². The lowest BCUT2D eigenvalue weighted by molar-refractivity contribution is 0.0968. The molecule has 0 saturated carbocycles. The number of amides is 1. The third-order valence-electron chi connectivity index (χ3n) is 6.47. The Kier molecular flexibility index (Phi) is 8.64. The van der Waals surface area contributed by atoms with E-state index in [2.05, 4.69) is 83.5 Å². The predicted octanol–water partition coefficient (Wildman–Crippen LogP) is 7.96. The first-order valence-corrected chi connectivity index (χ1v) is 15.7. The van der Waals surface area contributed by atoms with Gasteiger partial charge in [-0.2, -0.15) is 0 Å². The first-order valence-electron chi connectivity index (χ1n) is 12.6. The number of carbonyl (C=O) groups excluding carboxylic acids is 1. The van der Waals surface area contributed by atoms with E-state index in [1.54, 1.807) is 11.8 Å². The Morgan fingerprint density at radius 1 is 0.667 bits per heavy atom. The van der Waals surface area contributed by atoms with Crippen LogP contribution in [-0.4, -0.2) is 5.91 Å². The molecule has 0 atom stereocenters. The van der Waals surface area contributed by atoms with Gasteiger partial charge >= 0.3 is 0 Å². The van der Waals surface area contributed by atoms with Gasteiger partial charge in [-0.1, -0.05) is 95.7 Å². The van der Waals surface area contributed by atoms with Crippen molar-refractivity contribution in [1.82, 2.24) is 5.32 Å². The number of nitrogens with one attached hydrogen (secondary N) is 1. The van der Waals surface area contributed by atoms with Gasteiger partial charge < -0.3 is 0 Å². The summed E-state index contributed by atoms with van der Waals surface area (Å²) in [4.78, 5) is 14.8. The summed E-state index contributed by atoms with van der Waals surface area (Å²) in [5, 5.41) is 9.68. The molecular formula is C34H28ClNOPS+. The second-order valence-electron chi connectivity index (χ2n) is 9.07. The standard InChI is InChI=1S/C34H27ClNOPS/c1-26-17-19-27(20-18-26)34(37)36-33(25-39-32-23-21-28(35)22-24-32)38(29-11-5-2-6-12-29,30-13-7-3-8-14-30)31-15-9-4-10-16-31/h2-25H,1H3/p+1. The van der Waals surface area contributed by atoms with Gasteiger partial charge in [0.1, 0.15) is 15.9 Å². The lowest BCUT2D eigenvalue weighted by atomic mass is 10.1. The molecule has 0 saturated heterocycles. The molecule has 0 unspecified atom stereocenters. The van der Waals surface area contributed by atoms with E-state index in [4.69, 9.17) is 11.6 Å². The van der Waals surface area contributed by atoms with Crippen LogP contribution in [0.4, 0.5) is 0 Å². The van der Waals surface area contributed by atoms with Crippen LogP contribution in [0.2, 0.25) is 5.02 Å². The highest BCUT2D eigenvalue weighted by Gasteiger charge is 2.50. The summed E-state index contributed by atoms with van der Waals surface area (Å²) in [6, 6.07) is 47.0. The van der Waals surface area contributed by atoms with Crippen molar-refractivity contribution in [1.29, 1.82) is 0 Å².